The smallest absolute Gasteiger partial charge is 0.327 e. The van der Waals surface area contributed by atoms with Crippen LogP contribution in [0.4, 0.5) is 0 Å². The van der Waals surface area contributed by atoms with Gasteiger partial charge in [-0.1, -0.05) is 17.3 Å². The number of carbonyl (C=O) groups excluding carboxylic acids is 1. The standard InChI is InChI=1S/C10H10N3O2/c1-2-15-10(14)7-13-9-6-4-3-5-8(9)11-12-13/h3-4,6H,2,7H2,1H3. The van der Waals surface area contributed by atoms with Crippen LogP contribution in [0.5, 0.6) is 0 Å². The van der Waals surface area contributed by atoms with Crippen LogP contribution in [0.15, 0.2) is 18.2 Å². The number of hydrogen-bond donors (Lipinski definition) is 0. The summed E-state index contributed by atoms with van der Waals surface area (Å²) in [5.74, 6) is -0.312. The van der Waals surface area contributed by atoms with Crippen LogP contribution in [-0.4, -0.2) is 27.6 Å². The van der Waals surface area contributed by atoms with E-state index in [2.05, 4.69) is 16.4 Å². The summed E-state index contributed by atoms with van der Waals surface area (Å²) >= 11 is 0. The number of rotatable bonds is 3. The first kappa shape index (κ1) is 9.64. The van der Waals surface area contributed by atoms with Gasteiger partial charge < -0.3 is 4.74 Å². The highest BCUT2D eigenvalue weighted by Crippen LogP contribution is 2.08. The van der Waals surface area contributed by atoms with Crippen molar-refractivity contribution >= 4 is 17.0 Å². The van der Waals surface area contributed by atoms with Crippen molar-refractivity contribution in [1.82, 2.24) is 15.0 Å². The van der Waals surface area contributed by atoms with Crippen LogP contribution in [0.1, 0.15) is 6.92 Å². The summed E-state index contributed by atoms with van der Waals surface area (Å²) in [6.07, 6.45) is 0. The molecule has 0 atom stereocenters. The lowest BCUT2D eigenvalue weighted by molar-refractivity contribution is -0.143. The molecule has 0 aliphatic rings. The molecule has 0 saturated heterocycles. The Labute approximate surface area is 86.6 Å². The molecule has 1 aromatic carbocycles. The lowest BCUT2D eigenvalue weighted by atomic mass is 10.3. The van der Waals surface area contributed by atoms with Gasteiger partial charge in [0.05, 0.1) is 12.1 Å². The van der Waals surface area contributed by atoms with Crippen LogP contribution in [0.25, 0.3) is 11.0 Å². The van der Waals surface area contributed by atoms with Gasteiger partial charge in [-0.05, 0) is 13.0 Å². The maximum atomic E-state index is 11.2. The largest absolute Gasteiger partial charge is 0.465 e. The Morgan fingerprint density at radius 1 is 1.67 bits per heavy atom. The fourth-order valence-corrected chi connectivity index (χ4v) is 1.30. The normalized spacial score (nSPS) is 10.5. The summed E-state index contributed by atoms with van der Waals surface area (Å²) in [5, 5.41) is 7.73. The molecule has 0 aliphatic carbocycles. The predicted octanol–water partition coefficient (Wildman–Crippen LogP) is 0.795. The molecule has 0 spiro atoms. The van der Waals surface area contributed by atoms with Crippen molar-refractivity contribution in [1.29, 1.82) is 0 Å². The highest BCUT2D eigenvalue weighted by Gasteiger charge is 2.08. The first-order valence-corrected chi connectivity index (χ1v) is 4.67. The molecule has 0 unspecified atom stereocenters. The second kappa shape index (κ2) is 4.08. The number of fused-ring (bicyclic) bond motifs is 1. The number of ether oxygens (including phenoxy) is 1. The van der Waals surface area contributed by atoms with E-state index in [4.69, 9.17) is 4.74 Å². The molecule has 2 aromatic rings. The van der Waals surface area contributed by atoms with E-state index in [1.165, 1.54) is 4.68 Å². The van der Waals surface area contributed by atoms with Crippen LogP contribution in [0.2, 0.25) is 0 Å². The van der Waals surface area contributed by atoms with Crippen molar-refractivity contribution in [3.63, 3.8) is 0 Å². The number of nitrogens with zero attached hydrogens (tertiary/aromatic N) is 3. The van der Waals surface area contributed by atoms with Gasteiger partial charge in [-0.25, -0.2) is 4.68 Å². The summed E-state index contributed by atoms with van der Waals surface area (Å²) in [5.41, 5.74) is 1.44. The van der Waals surface area contributed by atoms with E-state index in [1.807, 2.05) is 12.1 Å². The van der Waals surface area contributed by atoms with Gasteiger partial charge in [-0.2, -0.15) is 0 Å². The zero-order chi connectivity index (χ0) is 10.7. The topological polar surface area (TPSA) is 57.0 Å². The molecule has 0 saturated carbocycles. The van der Waals surface area contributed by atoms with Crippen molar-refractivity contribution in [2.45, 2.75) is 13.5 Å². The number of aromatic nitrogens is 3. The van der Waals surface area contributed by atoms with Gasteiger partial charge in [-0.15, -0.1) is 5.10 Å². The third kappa shape index (κ3) is 1.96. The van der Waals surface area contributed by atoms with Gasteiger partial charge >= 0.3 is 5.97 Å². The van der Waals surface area contributed by atoms with E-state index < -0.39 is 0 Å². The summed E-state index contributed by atoms with van der Waals surface area (Å²) in [6.45, 7) is 2.23. The van der Waals surface area contributed by atoms with Crippen molar-refractivity contribution in [3.05, 3.63) is 24.3 Å². The monoisotopic (exact) mass is 204 g/mol. The van der Waals surface area contributed by atoms with Crippen molar-refractivity contribution in [2.24, 2.45) is 0 Å². The summed E-state index contributed by atoms with van der Waals surface area (Å²) < 4.78 is 6.33. The van der Waals surface area contributed by atoms with E-state index in [0.717, 1.165) is 5.52 Å². The lowest BCUT2D eigenvalue weighted by Crippen LogP contribution is -2.14. The molecule has 1 radical (unpaired) electrons. The summed E-state index contributed by atoms with van der Waals surface area (Å²) in [6, 6.07) is 8.35. The highest BCUT2D eigenvalue weighted by molar-refractivity contribution is 5.76. The summed E-state index contributed by atoms with van der Waals surface area (Å²) in [7, 11) is 0. The van der Waals surface area contributed by atoms with Gasteiger partial charge in [0.1, 0.15) is 12.1 Å². The average molecular weight is 204 g/mol. The molecule has 0 fully saturated rings. The first-order chi connectivity index (χ1) is 7.31. The minimum absolute atomic E-state index is 0.0855. The van der Waals surface area contributed by atoms with Crippen molar-refractivity contribution in [2.75, 3.05) is 6.61 Å². The molecule has 5 nitrogen and oxygen atoms in total. The number of esters is 1. The molecule has 1 aromatic heterocycles. The van der Waals surface area contributed by atoms with Gasteiger partial charge in [0.2, 0.25) is 0 Å². The molecule has 1 heterocycles. The van der Waals surface area contributed by atoms with Gasteiger partial charge in [-0.3, -0.25) is 4.79 Å². The maximum Gasteiger partial charge on any atom is 0.327 e. The molecule has 2 rings (SSSR count). The fourth-order valence-electron chi connectivity index (χ4n) is 1.30. The van der Waals surface area contributed by atoms with E-state index in [9.17, 15) is 4.79 Å². The van der Waals surface area contributed by atoms with Crippen LogP contribution in [0, 0.1) is 6.07 Å². The molecular formula is C10H10N3O2. The SMILES string of the molecule is CCOC(=O)Cn1nnc2[c]cccc21. The summed E-state index contributed by atoms with van der Waals surface area (Å²) in [4.78, 5) is 11.2. The Hall–Kier alpha value is -1.91. The fraction of sp³-hybridized carbons (Fsp3) is 0.300. The van der Waals surface area contributed by atoms with E-state index in [1.54, 1.807) is 13.0 Å². The molecular weight excluding hydrogens is 194 g/mol. The number of carbonyl (C=O) groups is 1. The van der Waals surface area contributed by atoms with Gasteiger partial charge in [0, 0.05) is 6.07 Å². The second-order valence-electron chi connectivity index (χ2n) is 2.96. The van der Waals surface area contributed by atoms with Crippen LogP contribution >= 0.6 is 0 Å². The van der Waals surface area contributed by atoms with Crippen molar-refractivity contribution in [3.8, 4) is 0 Å². The molecule has 77 valence electrons. The zero-order valence-corrected chi connectivity index (χ0v) is 8.30. The van der Waals surface area contributed by atoms with E-state index >= 15 is 0 Å². The first-order valence-electron chi connectivity index (χ1n) is 4.67. The molecule has 15 heavy (non-hydrogen) atoms. The van der Waals surface area contributed by atoms with Crippen molar-refractivity contribution < 1.29 is 9.53 Å². The quantitative estimate of drug-likeness (QED) is 0.694. The van der Waals surface area contributed by atoms with E-state index in [0.29, 0.717) is 12.1 Å². The Balaban J connectivity index is 2.25. The minimum atomic E-state index is -0.312. The zero-order valence-electron chi connectivity index (χ0n) is 8.30. The van der Waals surface area contributed by atoms with Crippen LogP contribution in [0.3, 0.4) is 0 Å². The molecule has 5 heteroatoms. The lowest BCUT2D eigenvalue weighted by Gasteiger charge is -2.01. The van der Waals surface area contributed by atoms with Gasteiger partial charge in [0.25, 0.3) is 0 Å². The number of benzene rings is 1. The Kier molecular flexibility index (Phi) is 2.62. The minimum Gasteiger partial charge on any atom is -0.465 e. The molecule has 0 amide bonds. The number of hydrogen-bond acceptors (Lipinski definition) is 4. The maximum absolute atomic E-state index is 11.2. The third-order valence-electron chi connectivity index (χ3n) is 1.93. The Morgan fingerprint density at radius 2 is 2.53 bits per heavy atom. The second-order valence-corrected chi connectivity index (χ2v) is 2.96. The molecule has 0 N–H and O–H groups in total. The molecule has 0 aliphatic heterocycles. The third-order valence-corrected chi connectivity index (χ3v) is 1.93. The molecule has 0 bridgehead atoms. The van der Waals surface area contributed by atoms with Crippen LogP contribution < -0.4 is 0 Å². The average Bonchev–Trinajstić information content (AvgIpc) is 2.62. The van der Waals surface area contributed by atoms with E-state index in [-0.39, 0.29) is 12.5 Å². The van der Waals surface area contributed by atoms with Crippen LogP contribution in [-0.2, 0) is 16.1 Å². The highest BCUT2D eigenvalue weighted by atomic mass is 16.5. The Bertz CT molecular complexity index is 478. The predicted molar refractivity (Wildman–Crippen MR) is 53.0 cm³/mol. The van der Waals surface area contributed by atoms with Gasteiger partial charge in [0.15, 0.2) is 0 Å². The Morgan fingerprint density at radius 3 is 3.33 bits per heavy atom.